The first-order valence-electron chi connectivity index (χ1n) is 6.62. The molecule has 0 spiro atoms. The van der Waals surface area contributed by atoms with Gasteiger partial charge in [-0.2, -0.15) is 0 Å². The average Bonchev–Trinajstić information content (AvgIpc) is 2.42. The van der Waals surface area contributed by atoms with Gasteiger partial charge in [0.25, 0.3) is 0 Å². The van der Waals surface area contributed by atoms with Gasteiger partial charge in [0.2, 0.25) is 0 Å². The lowest BCUT2D eigenvalue weighted by atomic mass is 10.1. The number of nitrogens with one attached hydrogen (secondary N) is 2. The molecule has 1 aromatic heterocycles. The van der Waals surface area contributed by atoms with E-state index in [0.29, 0.717) is 0 Å². The molecule has 3 rings (SSSR count). The Hall–Kier alpha value is -1.94. The number of benzene rings is 1. The fraction of sp³-hybridized carbons (Fsp3) is 0.333. The molecule has 2 heterocycles. The van der Waals surface area contributed by atoms with Crippen molar-refractivity contribution in [1.29, 1.82) is 0 Å². The van der Waals surface area contributed by atoms with Crippen molar-refractivity contribution in [3.8, 4) is 0 Å². The Morgan fingerprint density at radius 3 is 2.95 bits per heavy atom. The van der Waals surface area contributed by atoms with E-state index < -0.39 is 0 Å². The first-order chi connectivity index (χ1) is 9.24. The van der Waals surface area contributed by atoms with Crippen LogP contribution in [-0.2, 0) is 13.0 Å². The number of fused-ring (bicyclic) bond motifs is 1. The van der Waals surface area contributed by atoms with Crippen LogP contribution in [-0.4, -0.2) is 16.5 Å². The summed E-state index contributed by atoms with van der Waals surface area (Å²) >= 11 is 0. The van der Waals surface area contributed by atoms with E-state index in [9.17, 15) is 0 Å². The van der Waals surface area contributed by atoms with Crippen LogP contribution in [0, 0.1) is 13.8 Å². The Morgan fingerprint density at radius 2 is 2.11 bits per heavy atom. The van der Waals surface area contributed by atoms with Crippen LogP contribution >= 0.6 is 0 Å². The largest absolute Gasteiger partial charge is 0.340 e. The van der Waals surface area contributed by atoms with E-state index >= 15 is 0 Å². The van der Waals surface area contributed by atoms with Gasteiger partial charge in [-0.15, -0.1) is 0 Å². The normalized spacial score (nSPS) is 14.0. The lowest BCUT2D eigenvalue weighted by molar-refractivity contribution is 0.627. The third kappa shape index (κ3) is 2.44. The van der Waals surface area contributed by atoms with E-state index in [1.54, 1.807) is 6.33 Å². The van der Waals surface area contributed by atoms with Crippen LogP contribution in [0.15, 0.2) is 24.5 Å². The van der Waals surface area contributed by atoms with E-state index in [-0.39, 0.29) is 0 Å². The van der Waals surface area contributed by atoms with Gasteiger partial charge >= 0.3 is 0 Å². The van der Waals surface area contributed by atoms with Gasteiger partial charge in [0.05, 0.1) is 5.69 Å². The summed E-state index contributed by atoms with van der Waals surface area (Å²) in [4.78, 5) is 8.76. The SMILES string of the molecule is Cc1ccc(Nc2ncnc3c2CNCC3)c(C)c1. The lowest BCUT2D eigenvalue weighted by Gasteiger charge is -2.19. The molecule has 0 bridgehead atoms. The van der Waals surface area contributed by atoms with Crippen LogP contribution in [0.1, 0.15) is 22.4 Å². The van der Waals surface area contributed by atoms with Crippen LogP contribution < -0.4 is 10.6 Å². The maximum absolute atomic E-state index is 4.39. The van der Waals surface area contributed by atoms with Crippen molar-refractivity contribution in [2.24, 2.45) is 0 Å². The molecule has 2 aromatic rings. The summed E-state index contributed by atoms with van der Waals surface area (Å²) in [6.45, 7) is 6.05. The second kappa shape index (κ2) is 4.97. The van der Waals surface area contributed by atoms with Crippen LogP contribution in [0.5, 0.6) is 0 Å². The van der Waals surface area contributed by atoms with Crippen molar-refractivity contribution in [2.45, 2.75) is 26.8 Å². The Balaban J connectivity index is 1.95. The number of aryl methyl sites for hydroxylation is 2. The van der Waals surface area contributed by atoms with Gasteiger partial charge in [0.1, 0.15) is 12.1 Å². The van der Waals surface area contributed by atoms with Crippen LogP contribution in [0.25, 0.3) is 0 Å². The van der Waals surface area contributed by atoms with Crippen molar-refractivity contribution in [2.75, 3.05) is 11.9 Å². The molecule has 0 saturated heterocycles. The molecule has 0 radical (unpaired) electrons. The summed E-state index contributed by atoms with van der Waals surface area (Å²) < 4.78 is 0. The molecule has 98 valence electrons. The predicted molar refractivity (Wildman–Crippen MR) is 76.6 cm³/mol. The van der Waals surface area contributed by atoms with Gasteiger partial charge in [-0.3, -0.25) is 0 Å². The number of aromatic nitrogens is 2. The lowest BCUT2D eigenvalue weighted by Crippen LogP contribution is -2.25. The van der Waals surface area contributed by atoms with Crippen LogP contribution in [0.4, 0.5) is 11.5 Å². The van der Waals surface area contributed by atoms with Gasteiger partial charge in [-0.05, 0) is 25.5 Å². The van der Waals surface area contributed by atoms with Crippen molar-refractivity contribution < 1.29 is 0 Å². The fourth-order valence-electron chi connectivity index (χ4n) is 2.46. The molecule has 4 nitrogen and oxygen atoms in total. The smallest absolute Gasteiger partial charge is 0.138 e. The highest BCUT2D eigenvalue weighted by Crippen LogP contribution is 2.24. The van der Waals surface area contributed by atoms with Gasteiger partial charge in [0.15, 0.2) is 0 Å². The van der Waals surface area contributed by atoms with Gasteiger partial charge in [0, 0.05) is 30.8 Å². The highest BCUT2D eigenvalue weighted by molar-refractivity contribution is 5.63. The minimum atomic E-state index is 0.837. The molecule has 0 atom stereocenters. The molecule has 4 heteroatoms. The molecular weight excluding hydrogens is 236 g/mol. The Bertz CT molecular complexity index is 607. The molecule has 0 saturated carbocycles. The van der Waals surface area contributed by atoms with E-state index in [2.05, 4.69) is 52.6 Å². The zero-order chi connectivity index (χ0) is 13.2. The Morgan fingerprint density at radius 1 is 1.21 bits per heavy atom. The topological polar surface area (TPSA) is 49.8 Å². The summed E-state index contributed by atoms with van der Waals surface area (Å²) in [5, 5.41) is 6.81. The highest BCUT2D eigenvalue weighted by Gasteiger charge is 2.15. The second-order valence-electron chi connectivity index (χ2n) is 5.02. The summed E-state index contributed by atoms with van der Waals surface area (Å²) in [5.41, 5.74) is 5.96. The summed E-state index contributed by atoms with van der Waals surface area (Å²) in [6.07, 6.45) is 2.62. The Kier molecular flexibility index (Phi) is 3.17. The standard InChI is InChI=1S/C15H18N4/c1-10-3-4-13(11(2)7-10)19-15-12-8-16-6-5-14(12)17-9-18-15/h3-4,7,9,16H,5-6,8H2,1-2H3,(H,17,18,19). The van der Waals surface area contributed by atoms with Crippen molar-refractivity contribution >= 4 is 11.5 Å². The van der Waals surface area contributed by atoms with E-state index in [1.165, 1.54) is 16.7 Å². The van der Waals surface area contributed by atoms with Crippen molar-refractivity contribution in [3.63, 3.8) is 0 Å². The summed E-state index contributed by atoms with van der Waals surface area (Å²) in [6, 6.07) is 6.39. The fourth-order valence-corrected chi connectivity index (χ4v) is 2.46. The molecule has 1 aromatic carbocycles. The third-order valence-corrected chi connectivity index (χ3v) is 3.51. The van der Waals surface area contributed by atoms with Crippen LogP contribution in [0.3, 0.4) is 0 Å². The van der Waals surface area contributed by atoms with E-state index in [4.69, 9.17) is 0 Å². The number of hydrogen-bond acceptors (Lipinski definition) is 4. The average molecular weight is 254 g/mol. The number of hydrogen-bond donors (Lipinski definition) is 2. The minimum absolute atomic E-state index is 0.837. The van der Waals surface area contributed by atoms with Gasteiger partial charge in [-0.25, -0.2) is 9.97 Å². The first-order valence-corrected chi connectivity index (χ1v) is 6.62. The number of rotatable bonds is 2. The third-order valence-electron chi connectivity index (χ3n) is 3.51. The Labute approximate surface area is 113 Å². The molecule has 19 heavy (non-hydrogen) atoms. The zero-order valence-corrected chi connectivity index (χ0v) is 11.3. The first kappa shape index (κ1) is 12.1. The maximum Gasteiger partial charge on any atom is 0.138 e. The molecule has 0 aliphatic carbocycles. The zero-order valence-electron chi connectivity index (χ0n) is 11.3. The number of anilines is 2. The quantitative estimate of drug-likeness (QED) is 0.864. The minimum Gasteiger partial charge on any atom is -0.340 e. The van der Waals surface area contributed by atoms with Crippen molar-refractivity contribution in [1.82, 2.24) is 15.3 Å². The van der Waals surface area contributed by atoms with Gasteiger partial charge < -0.3 is 10.6 Å². The maximum atomic E-state index is 4.39. The highest BCUT2D eigenvalue weighted by atomic mass is 15.0. The summed E-state index contributed by atoms with van der Waals surface area (Å²) in [5.74, 6) is 0.921. The second-order valence-corrected chi connectivity index (χ2v) is 5.02. The molecular formula is C15H18N4. The van der Waals surface area contributed by atoms with Gasteiger partial charge in [-0.1, -0.05) is 17.7 Å². The number of nitrogens with zero attached hydrogens (tertiary/aromatic N) is 2. The monoisotopic (exact) mass is 254 g/mol. The molecule has 0 fully saturated rings. The molecule has 0 unspecified atom stereocenters. The summed E-state index contributed by atoms with van der Waals surface area (Å²) in [7, 11) is 0. The predicted octanol–water partition coefficient (Wildman–Crippen LogP) is 2.48. The molecule has 2 N–H and O–H groups in total. The van der Waals surface area contributed by atoms with E-state index in [0.717, 1.165) is 36.7 Å². The van der Waals surface area contributed by atoms with Crippen LogP contribution in [0.2, 0.25) is 0 Å². The van der Waals surface area contributed by atoms with E-state index in [1.807, 2.05) is 0 Å². The van der Waals surface area contributed by atoms with Crippen molar-refractivity contribution in [3.05, 3.63) is 46.9 Å². The molecule has 0 amide bonds. The molecule has 1 aliphatic rings. The molecule has 1 aliphatic heterocycles.